The van der Waals surface area contributed by atoms with Gasteiger partial charge in [0.25, 0.3) is 0 Å². The zero-order chi connectivity index (χ0) is 17.8. The molecule has 0 aromatic heterocycles. The summed E-state index contributed by atoms with van der Waals surface area (Å²) in [7, 11) is 0. The van der Waals surface area contributed by atoms with Gasteiger partial charge in [0.1, 0.15) is 6.54 Å². The fourth-order valence-corrected chi connectivity index (χ4v) is 1.39. The van der Waals surface area contributed by atoms with Crippen LogP contribution in [0.4, 0.5) is 0 Å². The van der Waals surface area contributed by atoms with Crippen molar-refractivity contribution in [2.75, 3.05) is 26.2 Å². The number of carboxylic acids is 1. The molecule has 0 fully saturated rings. The Hall–Kier alpha value is -2.69. The molecule has 0 rings (SSSR count). The average molecular weight is 331 g/mol. The minimum Gasteiger partial charge on any atom is -0.480 e. The van der Waals surface area contributed by atoms with Gasteiger partial charge in [0.05, 0.1) is 19.6 Å². The Kier molecular flexibility index (Phi) is 9.67. The first-order valence-electron chi connectivity index (χ1n) is 6.76. The number of hydrogen-bond donors (Lipinski definition) is 6. The summed E-state index contributed by atoms with van der Waals surface area (Å²) >= 11 is 0. The Bertz CT molecular complexity index is 467. The molecule has 0 heterocycles. The maximum Gasteiger partial charge on any atom is 0.322 e. The van der Waals surface area contributed by atoms with Gasteiger partial charge in [-0.2, -0.15) is 0 Å². The van der Waals surface area contributed by atoms with Crippen LogP contribution in [0.25, 0.3) is 0 Å². The molecule has 7 N–H and O–H groups in total. The van der Waals surface area contributed by atoms with Crippen molar-refractivity contribution in [3.63, 3.8) is 0 Å². The quantitative estimate of drug-likeness (QED) is 0.238. The second kappa shape index (κ2) is 11.0. The lowest BCUT2D eigenvalue weighted by atomic mass is 10.2. The number of carbonyl (C=O) groups excluding carboxylic acids is 4. The zero-order valence-electron chi connectivity index (χ0n) is 12.7. The van der Waals surface area contributed by atoms with Crippen molar-refractivity contribution in [3.05, 3.63) is 0 Å². The molecule has 0 spiro atoms. The number of rotatable bonds is 10. The third-order valence-electron chi connectivity index (χ3n) is 2.41. The third kappa shape index (κ3) is 11.6. The predicted octanol–water partition coefficient (Wildman–Crippen LogP) is -3.73. The van der Waals surface area contributed by atoms with E-state index in [1.165, 1.54) is 0 Å². The van der Waals surface area contributed by atoms with Gasteiger partial charge >= 0.3 is 5.97 Å². The van der Waals surface area contributed by atoms with Crippen molar-refractivity contribution >= 4 is 29.6 Å². The lowest BCUT2D eigenvalue weighted by Crippen LogP contribution is -2.45. The third-order valence-corrected chi connectivity index (χ3v) is 2.41. The molecule has 1 atom stereocenters. The fourth-order valence-electron chi connectivity index (χ4n) is 1.39. The Morgan fingerprint density at radius 3 is 1.96 bits per heavy atom. The van der Waals surface area contributed by atoms with Crippen molar-refractivity contribution in [1.82, 2.24) is 21.3 Å². The van der Waals surface area contributed by atoms with Crippen molar-refractivity contribution in [3.8, 4) is 0 Å². The van der Waals surface area contributed by atoms with Crippen LogP contribution < -0.4 is 27.0 Å². The van der Waals surface area contributed by atoms with Crippen LogP contribution in [-0.2, 0) is 24.0 Å². The van der Waals surface area contributed by atoms with Crippen LogP contribution in [0.3, 0.4) is 0 Å². The van der Waals surface area contributed by atoms with Crippen LogP contribution >= 0.6 is 0 Å². The van der Waals surface area contributed by atoms with E-state index in [-0.39, 0.29) is 26.1 Å². The van der Waals surface area contributed by atoms with E-state index in [2.05, 4.69) is 21.3 Å². The van der Waals surface area contributed by atoms with E-state index in [9.17, 15) is 24.0 Å². The summed E-state index contributed by atoms with van der Waals surface area (Å²) < 4.78 is 0. The Morgan fingerprint density at radius 1 is 0.870 bits per heavy atom. The molecule has 130 valence electrons. The topological polar surface area (TPSA) is 180 Å². The highest BCUT2D eigenvalue weighted by molar-refractivity contribution is 5.88. The van der Waals surface area contributed by atoms with Gasteiger partial charge < -0.3 is 32.1 Å². The number of hydrogen-bond acceptors (Lipinski definition) is 6. The number of nitrogens with one attached hydrogen (secondary N) is 4. The maximum atomic E-state index is 11.5. The molecule has 0 radical (unpaired) electrons. The smallest absolute Gasteiger partial charge is 0.322 e. The Balaban J connectivity index is 3.92. The molecule has 0 aromatic carbocycles. The minimum absolute atomic E-state index is 0.0806. The van der Waals surface area contributed by atoms with Crippen LogP contribution in [-0.4, -0.2) is 66.9 Å². The monoisotopic (exact) mass is 331 g/mol. The first kappa shape index (κ1) is 20.3. The molecule has 1 unspecified atom stereocenters. The van der Waals surface area contributed by atoms with Crippen LogP contribution in [0.5, 0.6) is 0 Å². The molecule has 4 amide bonds. The van der Waals surface area contributed by atoms with Gasteiger partial charge in [0.2, 0.25) is 23.6 Å². The van der Waals surface area contributed by atoms with Crippen molar-refractivity contribution < 1.29 is 29.1 Å². The first-order chi connectivity index (χ1) is 10.7. The van der Waals surface area contributed by atoms with E-state index >= 15 is 0 Å². The van der Waals surface area contributed by atoms with E-state index in [1.807, 2.05) is 0 Å². The number of carbonyl (C=O) groups is 5. The highest BCUT2D eigenvalue weighted by Gasteiger charge is 2.13. The van der Waals surface area contributed by atoms with E-state index in [0.29, 0.717) is 0 Å². The molecule has 11 heteroatoms. The Morgan fingerprint density at radius 2 is 1.39 bits per heavy atom. The maximum absolute atomic E-state index is 11.5. The summed E-state index contributed by atoms with van der Waals surface area (Å²) in [5, 5.41) is 17.5. The number of nitrogens with two attached hydrogens (primary N) is 1. The second-order valence-corrected chi connectivity index (χ2v) is 4.60. The first-order valence-corrected chi connectivity index (χ1v) is 6.76. The highest BCUT2D eigenvalue weighted by Crippen LogP contribution is 1.90. The molecule has 0 aliphatic rings. The molecule has 0 bridgehead atoms. The van der Waals surface area contributed by atoms with Crippen LogP contribution in [0.1, 0.15) is 13.3 Å². The van der Waals surface area contributed by atoms with Gasteiger partial charge in [-0.3, -0.25) is 24.0 Å². The molecule has 23 heavy (non-hydrogen) atoms. The van der Waals surface area contributed by atoms with E-state index in [1.54, 1.807) is 6.92 Å². The molecule has 0 saturated heterocycles. The van der Waals surface area contributed by atoms with Crippen LogP contribution in [0.15, 0.2) is 0 Å². The Labute approximate surface area is 132 Å². The molecule has 11 nitrogen and oxygen atoms in total. The summed E-state index contributed by atoms with van der Waals surface area (Å²) in [5.41, 5.74) is 5.06. The second-order valence-electron chi connectivity index (χ2n) is 4.60. The summed E-state index contributed by atoms with van der Waals surface area (Å²) in [4.78, 5) is 55.3. The zero-order valence-corrected chi connectivity index (χ0v) is 12.7. The molecular weight excluding hydrogens is 310 g/mol. The standard InChI is InChI=1S/C12H21N5O6/c1-7(17-11(21)5-15-9(19)3-13)2-8(18)14-4-10(20)16-6-12(22)23/h7H,2-6,13H2,1H3,(H,14,18)(H,15,19)(H,16,20)(H,17,21)(H,22,23). The molecule has 0 saturated carbocycles. The lowest BCUT2D eigenvalue weighted by Gasteiger charge is -2.14. The van der Waals surface area contributed by atoms with E-state index in [4.69, 9.17) is 10.8 Å². The van der Waals surface area contributed by atoms with Gasteiger partial charge in [-0.1, -0.05) is 0 Å². The summed E-state index contributed by atoms with van der Waals surface area (Å²) in [5.74, 6) is -3.27. The van der Waals surface area contributed by atoms with Crippen molar-refractivity contribution in [1.29, 1.82) is 0 Å². The molecule has 0 aliphatic carbocycles. The lowest BCUT2D eigenvalue weighted by molar-refractivity contribution is -0.137. The predicted molar refractivity (Wildman–Crippen MR) is 77.9 cm³/mol. The molecular formula is C12H21N5O6. The van der Waals surface area contributed by atoms with E-state index < -0.39 is 42.2 Å². The molecule has 0 aliphatic heterocycles. The summed E-state index contributed by atoms with van der Waals surface area (Å²) in [6, 6.07) is -0.514. The molecule has 0 aromatic rings. The number of amides is 4. The largest absolute Gasteiger partial charge is 0.480 e. The average Bonchev–Trinajstić information content (AvgIpc) is 2.48. The highest BCUT2D eigenvalue weighted by atomic mass is 16.4. The van der Waals surface area contributed by atoms with Crippen LogP contribution in [0.2, 0.25) is 0 Å². The summed E-state index contributed by atoms with van der Waals surface area (Å²) in [6.45, 7) is 0.205. The normalized spacial score (nSPS) is 11.0. The summed E-state index contributed by atoms with van der Waals surface area (Å²) in [6.07, 6.45) is -0.0806. The van der Waals surface area contributed by atoms with Crippen molar-refractivity contribution in [2.24, 2.45) is 5.73 Å². The van der Waals surface area contributed by atoms with Gasteiger partial charge in [-0.15, -0.1) is 0 Å². The van der Waals surface area contributed by atoms with Gasteiger partial charge in [0.15, 0.2) is 0 Å². The van der Waals surface area contributed by atoms with Crippen molar-refractivity contribution in [2.45, 2.75) is 19.4 Å². The fraction of sp³-hybridized carbons (Fsp3) is 0.583. The van der Waals surface area contributed by atoms with Gasteiger partial charge in [-0.05, 0) is 6.92 Å². The van der Waals surface area contributed by atoms with Gasteiger partial charge in [-0.25, -0.2) is 0 Å². The van der Waals surface area contributed by atoms with Crippen LogP contribution in [0, 0.1) is 0 Å². The number of aliphatic carboxylic acids is 1. The van der Waals surface area contributed by atoms with E-state index in [0.717, 1.165) is 0 Å². The minimum atomic E-state index is -1.19. The van der Waals surface area contributed by atoms with Gasteiger partial charge in [0, 0.05) is 12.5 Å². The number of carboxylic acid groups (broad SMARTS) is 1. The SMILES string of the molecule is CC(CC(=O)NCC(=O)NCC(=O)O)NC(=O)CNC(=O)CN.